The van der Waals surface area contributed by atoms with Crippen LogP contribution in [0.1, 0.15) is 25.5 Å². The molecular formula is C27H27N3O6S2. The topological polar surface area (TPSA) is 107 Å². The van der Waals surface area contributed by atoms with E-state index in [0.717, 1.165) is 27.1 Å². The zero-order valence-corrected chi connectivity index (χ0v) is 22.9. The van der Waals surface area contributed by atoms with E-state index >= 15 is 0 Å². The van der Waals surface area contributed by atoms with Gasteiger partial charge in [0.15, 0.2) is 6.10 Å². The lowest BCUT2D eigenvalue weighted by atomic mass is 10.1. The van der Waals surface area contributed by atoms with Crippen LogP contribution in [0.3, 0.4) is 0 Å². The number of sulfonamides is 1. The number of nitrogens with one attached hydrogen (secondary N) is 1. The molecule has 198 valence electrons. The number of nitrogens with zero attached hydrogens (tertiary/aromatic N) is 2. The van der Waals surface area contributed by atoms with Gasteiger partial charge in [-0.1, -0.05) is 17.4 Å². The van der Waals surface area contributed by atoms with Crippen molar-refractivity contribution in [2.75, 3.05) is 23.3 Å². The molecule has 38 heavy (non-hydrogen) atoms. The highest BCUT2D eigenvalue weighted by Crippen LogP contribution is 2.38. The van der Waals surface area contributed by atoms with Gasteiger partial charge in [-0.15, -0.1) is 0 Å². The van der Waals surface area contributed by atoms with Crippen molar-refractivity contribution in [2.24, 2.45) is 0 Å². The second kappa shape index (κ2) is 9.80. The highest BCUT2D eigenvalue weighted by Gasteiger charge is 2.37. The number of fused-ring (bicyclic) bond motifs is 2. The smallest absolute Gasteiger partial charge is 0.308 e. The first-order valence-corrected chi connectivity index (χ1v) is 14.2. The SMILES string of the molecule is COc1ccc(S(=O)(=O)N2C[C@H](C(=O)Nc3ccc4c(c3)sc(=O)n4C(C)C)Oc3ccc(C)cc32)cc1. The first kappa shape index (κ1) is 25.8. The maximum atomic E-state index is 13.7. The average molecular weight is 554 g/mol. The molecule has 9 nitrogen and oxygen atoms in total. The third-order valence-corrected chi connectivity index (χ3v) is 9.03. The minimum atomic E-state index is -4.01. The molecule has 2 heterocycles. The lowest BCUT2D eigenvalue weighted by Gasteiger charge is -2.35. The summed E-state index contributed by atoms with van der Waals surface area (Å²) in [6, 6.07) is 16.5. The molecule has 0 spiro atoms. The summed E-state index contributed by atoms with van der Waals surface area (Å²) in [5.41, 5.74) is 2.50. The molecule has 0 bridgehead atoms. The monoisotopic (exact) mass is 553 g/mol. The van der Waals surface area contributed by atoms with Crippen molar-refractivity contribution in [3.63, 3.8) is 0 Å². The molecule has 1 N–H and O–H groups in total. The van der Waals surface area contributed by atoms with Crippen LogP contribution in [0.2, 0.25) is 0 Å². The molecular weight excluding hydrogens is 526 g/mol. The van der Waals surface area contributed by atoms with Crippen LogP contribution in [0.15, 0.2) is 70.4 Å². The van der Waals surface area contributed by atoms with Gasteiger partial charge in [-0.05, 0) is 80.9 Å². The van der Waals surface area contributed by atoms with E-state index in [-0.39, 0.29) is 22.4 Å². The second-order valence-corrected chi connectivity index (χ2v) is 12.1. The lowest BCUT2D eigenvalue weighted by molar-refractivity contribution is -0.122. The molecule has 11 heteroatoms. The first-order valence-electron chi connectivity index (χ1n) is 12.0. The highest BCUT2D eigenvalue weighted by molar-refractivity contribution is 7.92. The highest BCUT2D eigenvalue weighted by atomic mass is 32.2. The van der Waals surface area contributed by atoms with Gasteiger partial charge in [0.1, 0.15) is 11.5 Å². The molecule has 4 aromatic rings. The molecule has 3 aromatic carbocycles. The summed E-state index contributed by atoms with van der Waals surface area (Å²) in [5.74, 6) is 0.327. The Balaban J connectivity index is 1.46. The number of hydrogen-bond donors (Lipinski definition) is 1. The van der Waals surface area contributed by atoms with Crippen molar-refractivity contribution >= 4 is 48.9 Å². The molecule has 0 aliphatic carbocycles. The number of aryl methyl sites for hydroxylation is 1. The van der Waals surface area contributed by atoms with Crippen LogP contribution in [0, 0.1) is 6.92 Å². The van der Waals surface area contributed by atoms with Crippen LogP contribution in [0.25, 0.3) is 10.2 Å². The summed E-state index contributed by atoms with van der Waals surface area (Å²) in [4.78, 5) is 25.7. The minimum Gasteiger partial charge on any atom is -0.497 e. The summed E-state index contributed by atoms with van der Waals surface area (Å²) < 4.78 is 42.2. The fourth-order valence-electron chi connectivity index (χ4n) is 4.43. The van der Waals surface area contributed by atoms with Crippen molar-refractivity contribution in [3.05, 3.63) is 75.9 Å². The van der Waals surface area contributed by atoms with Crippen molar-refractivity contribution < 1.29 is 22.7 Å². The number of rotatable bonds is 6. The van der Waals surface area contributed by atoms with E-state index in [2.05, 4.69) is 5.32 Å². The minimum absolute atomic E-state index is 0.00895. The van der Waals surface area contributed by atoms with Crippen LogP contribution in [0.4, 0.5) is 11.4 Å². The fraction of sp³-hybridized carbons (Fsp3) is 0.259. The number of benzene rings is 3. The zero-order chi connectivity index (χ0) is 27.2. The van der Waals surface area contributed by atoms with E-state index in [4.69, 9.17) is 9.47 Å². The van der Waals surface area contributed by atoms with Crippen LogP contribution in [-0.4, -0.2) is 38.7 Å². The fourth-order valence-corrected chi connectivity index (χ4v) is 6.95. The van der Waals surface area contributed by atoms with Crippen LogP contribution >= 0.6 is 11.3 Å². The van der Waals surface area contributed by atoms with Crippen molar-refractivity contribution in [1.29, 1.82) is 0 Å². The summed E-state index contributed by atoms with van der Waals surface area (Å²) in [6.07, 6.45) is -1.10. The van der Waals surface area contributed by atoms with Gasteiger partial charge < -0.3 is 14.8 Å². The third kappa shape index (κ3) is 4.63. The molecule has 5 rings (SSSR count). The van der Waals surface area contributed by atoms with Crippen molar-refractivity contribution in [1.82, 2.24) is 4.57 Å². The summed E-state index contributed by atoms with van der Waals surface area (Å²) in [7, 11) is -2.51. The summed E-state index contributed by atoms with van der Waals surface area (Å²) >= 11 is 1.11. The predicted molar refractivity (Wildman–Crippen MR) is 148 cm³/mol. The van der Waals surface area contributed by atoms with E-state index in [1.165, 1.54) is 23.5 Å². The van der Waals surface area contributed by atoms with Gasteiger partial charge in [0, 0.05) is 11.7 Å². The molecule has 1 amide bonds. The summed E-state index contributed by atoms with van der Waals surface area (Å²) in [6.45, 7) is 5.52. The van der Waals surface area contributed by atoms with Gasteiger partial charge >= 0.3 is 4.87 Å². The molecule has 1 atom stereocenters. The first-order chi connectivity index (χ1) is 18.1. The largest absolute Gasteiger partial charge is 0.497 e. The zero-order valence-electron chi connectivity index (χ0n) is 21.3. The molecule has 0 saturated carbocycles. The number of hydrogen-bond acceptors (Lipinski definition) is 7. The van der Waals surface area contributed by atoms with Crippen LogP contribution in [-0.2, 0) is 14.8 Å². The van der Waals surface area contributed by atoms with Crippen LogP contribution < -0.4 is 24.0 Å². The number of methoxy groups -OCH3 is 1. The molecule has 1 aromatic heterocycles. The molecule has 0 saturated heterocycles. The molecule has 0 fully saturated rings. The number of carbonyl (C=O) groups is 1. The molecule has 1 aliphatic rings. The number of ether oxygens (including phenoxy) is 2. The van der Waals surface area contributed by atoms with Crippen molar-refractivity contribution in [2.45, 2.75) is 37.8 Å². The number of aromatic nitrogens is 1. The van der Waals surface area contributed by atoms with Crippen molar-refractivity contribution in [3.8, 4) is 11.5 Å². The Kier molecular flexibility index (Phi) is 6.66. The van der Waals surface area contributed by atoms with Gasteiger partial charge in [0.25, 0.3) is 15.9 Å². The van der Waals surface area contributed by atoms with Gasteiger partial charge in [-0.2, -0.15) is 0 Å². The Morgan fingerprint density at radius 3 is 2.53 bits per heavy atom. The maximum absolute atomic E-state index is 13.7. The maximum Gasteiger partial charge on any atom is 0.308 e. The van der Waals surface area contributed by atoms with Gasteiger partial charge in [0.2, 0.25) is 0 Å². The van der Waals surface area contributed by atoms with Crippen LogP contribution in [0.5, 0.6) is 11.5 Å². The van der Waals surface area contributed by atoms with E-state index in [1.807, 2.05) is 20.8 Å². The Bertz CT molecular complexity index is 1690. The van der Waals surface area contributed by atoms with E-state index in [1.54, 1.807) is 53.1 Å². The molecule has 0 radical (unpaired) electrons. The normalized spacial score (nSPS) is 15.3. The average Bonchev–Trinajstić information content (AvgIpc) is 3.23. The lowest BCUT2D eigenvalue weighted by Crippen LogP contribution is -2.48. The molecule has 1 aliphatic heterocycles. The number of carbonyl (C=O) groups excluding carboxylic acids is 1. The van der Waals surface area contributed by atoms with E-state index in [0.29, 0.717) is 22.9 Å². The Morgan fingerprint density at radius 2 is 1.84 bits per heavy atom. The number of thiazole rings is 1. The Labute approximate surface area is 224 Å². The summed E-state index contributed by atoms with van der Waals surface area (Å²) in [5, 5.41) is 2.82. The van der Waals surface area contributed by atoms with Gasteiger partial charge in [-0.25, -0.2) is 8.42 Å². The quantitative estimate of drug-likeness (QED) is 0.375. The van der Waals surface area contributed by atoms with E-state index in [9.17, 15) is 18.0 Å². The number of amides is 1. The number of anilines is 2. The Morgan fingerprint density at radius 1 is 1.11 bits per heavy atom. The Hall–Kier alpha value is -3.83. The van der Waals surface area contributed by atoms with E-state index < -0.39 is 22.0 Å². The van der Waals surface area contributed by atoms with Gasteiger partial charge in [0.05, 0.1) is 34.5 Å². The third-order valence-electron chi connectivity index (χ3n) is 6.32. The second-order valence-electron chi connectivity index (χ2n) is 9.29. The molecule has 0 unspecified atom stereocenters. The standard InChI is InChI=1S/C27H27N3O6S2/c1-16(2)30-21-11-6-18(14-25(21)37-27(30)32)28-26(31)24-15-29(22-13-17(3)5-12-23(22)36-24)38(33,34)20-9-7-19(35-4)8-10-20/h5-14,16,24H,15H2,1-4H3,(H,28,31)/t24-/m1/s1. The van der Waals surface area contributed by atoms with Gasteiger partial charge in [-0.3, -0.25) is 18.5 Å². The predicted octanol–water partition coefficient (Wildman–Crippen LogP) is 4.56.